The average Bonchev–Trinajstić information content (AvgIpc) is 2.98. The molecule has 1 fully saturated rings. The van der Waals surface area contributed by atoms with E-state index in [1.165, 1.54) is 22.5 Å². The monoisotopic (exact) mass is 327 g/mol. The summed E-state index contributed by atoms with van der Waals surface area (Å²) in [7, 11) is -3.61. The highest BCUT2D eigenvalue weighted by molar-refractivity contribution is 7.89. The van der Waals surface area contributed by atoms with Crippen molar-refractivity contribution in [3.63, 3.8) is 0 Å². The SMILES string of the molecule is CCCN(C1CCNC1)S(=O)(=O)c1ccc(Cl)c(C#N)c1. The van der Waals surface area contributed by atoms with E-state index in [-0.39, 0.29) is 21.5 Å². The molecule has 1 atom stereocenters. The van der Waals surface area contributed by atoms with Crippen LogP contribution in [-0.4, -0.2) is 38.4 Å². The molecule has 1 N–H and O–H groups in total. The molecular weight excluding hydrogens is 310 g/mol. The summed E-state index contributed by atoms with van der Waals surface area (Å²) in [6.07, 6.45) is 1.55. The second-order valence-electron chi connectivity index (χ2n) is 5.02. The molecule has 1 aromatic carbocycles. The van der Waals surface area contributed by atoms with Crippen LogP contribution in [0.1, 0.15) is 25.3 Å². The summed E-state index contributed by atoms with van der Waals surface area (Å²) in [5.41, 5.74) is 0.179. The van der Waals surface area contributed by atoms with Crippen molar-refractivity contribution in [1.82, 2.24) is 9.62 Å². The summed E-state index contributed by atoms with van der Waals surface area (Å²) in [6, 6.07) is 6.16. The lowest BCUT2D eigenvalue weighted by Crippen LogP contribution is -2.42. The number of halogens is 1. The first-order chi connectivity index (χ1) is 10.0. The zero-order valence-electron chi connectivity index (χ0n) is 11.8. The van der Waals surface area contributed by atoms with Gasteiger partial charge in [0.2, 0.25) is 10.0 Å². The Morgan fingerprint density at radius 1 is 1.52 bits per heavy atom. The van der Waals surface area contributed by atoms with Crippen LogP contribution in [0.4, 0.5) is 0 Å². The van der Waals surface area contributed by atoms with E-state index >= 15 is 0 Å². The van der Waals surface area contributed by atoms with Crippen molar-refractivity contribution in [2.75, 3.05) is 19.6 Å². The van der Waals surface area contributed by atoms with Crippen LogP contribution in [0.15, 0.2) is 23.1 Å². The predicted molar refractivity (Wildman–Crippen MR) is 81.6 cm³/mol. The maximum atomic E-state index is 12.8. The van der Waals surface area contributed by atoms with Gasteiger partial charge in [-0.3, -0.25) is 0 Å². The molecule has 114 valence electrons. The van der Waals surface area contributed by atoms with Crippen molar-refractivity contribution in [3.05, 3.63) is 28.8 Å². The van der Waals surface area contributed by atoms with Gasteiger partial charge < -0.3 is 5.32 Å². The van der Waals surface area contributed by atoms with Crippen LogP contribution in [0.3, 0.4) is 0 Å². The maximum absolute atomic E-state index is 12.8. The van der Waals surface area contributed by atoms with Gasteiger partial charge in [0, 0.05) is 19.1 Å². The molecule has 1 aromatic rings. The molecular formula is C14H18ClN3O2S. The van der Waals surface area contributed by atoms with Crippen LogP contribution in [-0.2, 0) is 10.0 Å². The molecule has 0 spiro atoms. The van der Waals surface area contributed by atoms with Gasteiger partial charge in [0.1, 0.15) is 6.07 Å². The van der Waals surface area contributed by atoms with Gasteiger partial charge in [-0.15, -0.1) is 0 Å². The number of rotatable bonds is 5. The van der Waals surface area contributed by atoms with Crippen molar-refractivity contribution < 1.29 is 8.42 Å². The molecule has 1 unspecified atom stereocenters. The molecule has 1 aliphatic heterocycles. The number of sulfonamides is 1. The Morgan fingerprint density at radius 3 is 2.86 bits per heavy atom. The highest BCUT2D eigenvalue weighted by atomic mass is 35.5. The van der Waals surface area contributed by atoms with E-state index in [2.05, 4.69) is 5.32 Å². The van der Waals surface area contributed by atoms with Crippen molar-refractivity contribution in [1.29, 1.82) is 5.26 Å². The van der Waals surface area contributed by atoms with Crippen molar-refractivity contribution in [2.24, 2.45) is 0 Å². The summed E-state index contributed by atoms with van der Waals surface area (Å²) >= 11 is 5.87. The number of hydrogen-bond donors (Lipinski definition) is 1. The lowest BCUT2D eigenvalue weighted by molar-refractivity contribution is 0.335. The lowest BCUT2D eigenvalue weighted by Gasteiger charge is -2.27. The fourth-order valence-corrected chi connectivity index (χ4v) is 4.42. The van der Waals surface area contributed by atoms with E-state index in [0.717, 1.165) is 19.4 Å². The number of nitriles is 1. The lowest BCUT2D eigenvalue weighted by atomic mass is 10.2. The van der Waals surface area contributed by atoms with Gasteiger partial charge >= 0.3 is 0 Å². The molecule has 0 radical (unpaired) electrons. The number of nitrogens with one attached hydrogen (secondary N) is 1. The summed E-state index contributed by atoms with van der Waals surface area (Å²) in [5, 5.41) is 12.5. The molecule has 21 heavy (non-hydrogen) atoms. The molecule has 7 heteroatoms. The molecule has 0 saturated carbocycles. The first kappa shape index (κ1) is 16.2. The van der Waals surface area contributed by atoms with E-state index in [4.69, 9.17) is 16.9 Å². The van der Waals surface area contributed by atoms with Gasteiger partial charge in [-0.25, -0.2) is 8.42 Å². The summed E-state index contributed by atoms with van der Waals surface area (Å²) < 4.78 is 27.2. The van der Waals surface area contributed by atoms with Crippen LogP contribution in [0.5, 0.6) is 0 Å². The Hall–Kier alpha value is -1.13. The minimum absolute atomic E-state index is 0.0313. The summed E-state index contributed by atoms with van der Waals surface area (Å²) in [5.74, 6) is 0. The molecule has 0 aliphatic carbocycles. The van der Waals surface area contributed by atoms with Crippen molar-refractivity contribution in [3.8, 4) is 6.07 Å². The third-order valence-electron chi connectivity index (χ3n) is 3.55. The highest BCUT2D eigenvalue weighted by Crippen LogP contribution is 2.25. The maximum Gasteiger partial charge on any atom is 0.243 e. The van der Waals surface area contributed by atoms with Gasteiger partial charge in [-0.05, 0) is 37.6 Å². The largest absolute Gasteiger partial charge is 0.315 e. The molecule has 0 aromatic heterocycles. The first-order valence-corrected chi connectivity index (χ1v) is 8.74. The van der Waals surface area contributed by atoms with E-state index in [1.54, 1.807) is 0 Å². The zero-order valence-corrected chi connectivity index (χ0v) is 13.4. The third-order valence-corrected chi connectivity index (χ3v) is 5.83. The number of nitrogens with zero attached hydrogens (tertiary/aromatic N) is 2. The fraction of sp³-hybridized carbons (Fsp3) is 0.500. The number of benzene rings is 1. The minimum Gasteiger partial charge on any atom is -0.315 e. The molecule has 1 aliphatic rings. The van der Waals surface area contributed by atoms with E-state index in [9.17, 15) is 8.42 Å². The highest BCUT2D eigenvalue weighted by Gasteiger charge is 2.32. The second kappa shape index (κ2) is 6.75. The Morgan fingerprint density at radius 2 is 2.29 bits per heavy atom. The van der Waals surface area contributed by atoms with Gasteiger partial charge in [0.05, 0.1) is 15.5 Å². The van der Waals surface area contributed by atoms with Crippen LogP contribution in [0, 0.1) is 11.3 Å². The smallest absolute Gasteiger partial charge is 0.243 e. The standard InChI is InChI=1S/C14H18ClN3O2S/c1-2-7-18(12-5-6-17-10-12)21(19,20)13-3-4-14(15)11(8-13)9-16/h3-4,8,12,17H,2,5-7,10H2,1H3. The summed E-state index contributed by atoms with van der Waals surface area (Å²) in [6.45, 7) is 3.91. The van der Waals surface area contributed by atoms with Crippen LogP contribution >= 0.6 is 11.6 Å². The molecule has 1 heterocycles. The zero-order chi connectivity index (χ0) is 15.5. The van der Waals surface area contributed by atoms with Gasteiger partial charge in [-0.1, -0.05) is 18.5 Å². The van der Waals surface area contributed by atoms with Gasteiger partial charge in [0.25, 0.3) is 0 Å². The Bertz CT molecular complexity index is 649. The van der Waals surface area contributed by atoms with Gasteiger partial charge in [-0.2, -0.15) is 9.57 Å². The molecule has 1 saturated heterocycles. The quantitative estimate of drug-likeness (QED) is 0.897. The molecule has 0 amide bonds. The Balaban J connectivity index is 2.40. The van der Waals surface area contributed by atoms with Crippen LogP contribution < -0.4 is 5.32 Å². The normalized spacial score (nSPS) is 18.9. The molecule has 2 rings (SSSR count). The van der Waals surface area contributed by atoms with Crippen molar-refractivity contribution in [2.45, 2.75) is 30.7 Å². The first-order valence-electron chi connectivity index (χ1n) is 6.93. The predicted octanol–water partition coefficient (Wildman–Crippen LogP) is 1.97. The van der Waals surface area contributed by atoms with E-state index in [0.29, 0.717) is 13.1 Å². The van der Waals surface area contributed by atoms with Crippen molar-refractivity contribution >= 4 is 21.6 Å². The Kier molecular flexibility index (Phi) is 5.22. The topological polar surface area (TPSA) is 73.2 Å². The second-order valence-corrected chi connectivity index (χ2v) is 7.31. The molecule has 0 bridgehead atoms. The average molecular weight is 328 g/mol. The minimum atomic E-state index is -3.61. The van der Waals surface area contributed by atoms with Crippen LogP contribution in [0.25, 0.3) is 0 Å². The van der Waals surface area contributed by atoms with E-state index in [1.807, 2.05) is 13.0 Å². The third kappa shape index (κ3) is 3.38. The number of hydrogen-bond acceptors (Lipinski definition) is 4. The van der Waals surface area contributed by atoms with E-state index < -0.39 is 10.0 Å². The Labute approximate surface area is 130 Å². The van der Waals surface area contributed by atoms with Crippen LogP contribution in [0.2, 0.25) is 5.02 Å². The molecule has 5 nitrogen and oxygen atoms in total. The van der Waals surface area contributed by atoms with Gasteiger partial charge in [0.15, 0.2) is 0 Å². The summed E-state index contributed by atoms with van der Waals surface area (Å²) in [4.78, 5) is 0.129. The fourth-order valence-electron chi connectivity index (χ4n) is 2.49.